The van der Waals surface area contributed by atoms with E-state index in [4.69, 9.17) is 5.73 Å². The first-order valence-electron chi connectivity index (χ1n) is 6.27. The van der Waals surface area contributed by atoms with E-state index in [0.717, 1.165) is 10.2 Å². The predicted octanol–water partition coefficient (Wildman–Crippen LogP) is 4.82. The zero-order valence-electron chi connectivity index (χ0n) is 11.2. The van der Waals surface area contributed by atoms with Gasteiger partial charge in [-0.25, -0.2) is 0 Å². The van der Waals surface area contributed by atoms with Gasteiger partial charge in [0.1, 0.15) is 0 Å². The van der Waals surface area contributed by atoms with Gasteiger partial charge < -0.3 is 5.73 Å². The van der Waals surface area contributed by atoms with Crippen molar-refractivity contribution in [2.24, 2.45) is 5.73 Å². The highest BCUT2D eigenvalue weighted by molar-refractivity contribution is 9.10. The number of rotatable bonds is 4. The summed E-state index contributed by atoms with van der Waals surface area (Å²) in [5.74, 6) is 0.983. The summed E-state index contributed by atoms with van der Waals surface area (Å²) in [5.41, 5.74) is 11.0. The smallest absolute Gasteiger partial charge is 0.0232 e. The number of hydrogen-bond donors (Lipinski definition) is 1. The topological polar surface area (TPSA) is 26.0 Å². The Morgan fingerprint density at radius 1 is 1.05 bits per heavy atom. The summed E-state index contributed by atoms with van der Waals surface area (Å²) in [6.07, 6.45) is 0. The van der Waals surface area contributed by atoms with Gasteiger partial charge in [-0.15, -0.1) is 11.8 Å². The maximum Gasteiger partial charge on any atom is 0.0232 e. The van der Waals surface area contributed by atoms with Crippen LogP contribution in [0.25, 0.3) is 0 Å². The molecule has 0 bridgehead atoms. The number of thioether (sulfide) groups is 1. The zero-order chi connectivity index (χ0) is 13.8. The highest BCUT2D eigenvalue weighted by Crippen LogP contribution is 2.29. The lowest BCUT2D eigenvalue weighted by Gasteiger charge is -2.09. The maximum absolute atomic E-state index is 5.80. The molecule has 2 N–H and O–H groups in total. The number of nitrogens with two attached hydrogens (primary N) is 1. The molecule has 19 heavy (non-hydrogen) atoms. The molecule has 0 radical (unpaired) electrons. The molecule has 0 saturated heterocycles. The fourth-order valence-corrected chi connectivity index (χ4v) is 3.55. The van der Waals surface area contributed by atoms with Gasteiger partial charge in [0.15, 0.2) is 0 Å². The van der Waals surface area contributed by atoms with Gasteiger partial charge in [-0.05, 0) is 43.2 Å². The minimum absolute atomic E-state index is 0.578. The van der Waals surface area contributed by atoms with E-state index in [1.54, 1.807) is 0 Å². The highest BCUT2D eigenvalue weighted by Gasteiger charge is 2.04. The Morgan fingerprint density at radius 2 is 1.74 bits per heavy atom. The molecule has 3 heteroatoms. The molecule has 0 atom stereocenters. The normalized spacial score (nSPS) is 10.7. The molecule has 0 aliphatic rings. The van der Waals surface area contributed by atoms with Crippen LogP contribution in [0.4, 0.5) is 0 Å². The molecule has 2 rings (SSSR count). The van der Waals surface area contributed by atoms with Crippen LogP contribution in [0, 0.1) is 13.8 Å². The fraction of sp³-hybridized carbons (Fsp3) is 0.250. The highest BCUT2D eigenvalue weighted by atomic mass is 79.9. The summed E-state index contributed by atoms with van der Waals surface area (Å²) in [6, 6.07) is 13.0. The Labute approximate surface area is 127 Å². The van der Waals surface area contributed by atoms with Crippen molar-refractivity contribution >= 4 is 27.7 Å². The quantitative estimate of drug-likeness (QED) is 0.811. The largest absolute Gasteiger partial charge is 0.326 e. The van der Waals surface area contributed by atoms with Crippen LogP contribution >= 0.6 is 27.7 Å². The van der Waals surface area contributed by atoms with Crippen molar-refractivity contribution in [3.8, 4) is 0 Å². The molecule has 0 spiro atoms. The third kappa shape index (κ3) is 4.10. The molecule has 0 saturated carbocycles. The first-order chi connectivity index (χ1) is 9.08. The number of aryl methyl sites for hydroxylation is 2. The molecule has 0 heterocycles. The number of halogens is 1. The predicted molar refractivity (Wildman–Crippen MR) is 87.5 cm³/mol. The van der Waals surface area contributed by atoms with Gasteiger partial charge in [0.25, 0.3) is 0 Å². The lowest BCUT2D eigenvalue weighted by Crippen LogP contribution is -1.98. The van der Waals surface area contributed by atoms with Crippen LogP contribution in [-0.2, 0) is 12.3 Å². The average Bonchev–Trinajstić information content (AvgIpc) is 2.36. The Hall–Kier alpha value is -0.770. The monoisotopic (exact) mass is 335 g/mol. The number of benzene rings is 2. The summed E-state index contributed by atoms with van der Waals surface area (Å²) in [7, 11) is 0. The van der Waals surface area contributed by atoms with E-state index < -0.39 is 0 Å². The van der Waals surface area contributed by atoms with Crippen molar-refractivity contribution in [3.05, 3.63) is 63.1 Å². The molecule has 0 unspecified atom stereocenters. The molecular weight excluding hydrogens is 318 g/mol. The van der Waals surface area contributed by atoms with E-state index in [9.17, 15) is 0 Å². The first kappa shape index (κ1) is 14.6. The summed E-state index contributed by atoms with van der Waals surface area (Å²) in [4.78, 5) is 1.27. The first-order valence-corrected chi connectivity index (χ1v) is 8.05. The average molecular weight is 336 g/mol. The molecule has 1 nitrogen and oxygen atoms in total. The van der Waals surface area contributed by atoms with Gasteiger partial charge in [-0.3, -0.25) is 0 Å². The molecule has 100 valence electrons. The lowest BCUT2D eigenvalue weighted by molar-refractivity contribution is 1.02. The van der Waals surface area contributed by atoms with Crippen LogP contribution in [0.1, 0.15) is 22.3 Å². The van der Waals surface area contributed by atoms with Gasteiger partial charge in [0.2, 0.25) is 0 Å². The van der Waals surface area contributed by atoms with Gasteiger partial charge in [-0.1, -0.05) is 45.3 Å². The zero-order valence-corrected chi connectivity index (χ0v) is 13.6. The second-order valence-electron chi connectivity index (χ2n) is 4.74. The third-order valence-corrected chi connectivity index (χ3v) is 4.60. The van der Waals surface area contributed by atoms with E-state index in [2.05, 4.69) is 66.2 Å². The Kier molecular flexibility index (Phi) is 5.08. The van der Waals surface area contributed by atoms with Crippen LogP contribution in [-0.4, -0.2) is 0 Å². The maximum atomic E-state index is 5.80. The molecule has 0 aliphatic carbocycles. The fourth-order valence-electron chi connectivity index (χ4n) is 2.16. The van der Waals surface area contributed by atoms with Crippen LogP contribution in [0.5, 0.6) is 0 Å². The van der Waals surface area contributed by atoms with Gasteiger partial charge in [-0.2, -0.15) is 0 Å². The van der Waals surface area contributed by atoms with Crippen LogP contribution in [0.15, 0.2) is 45.8 Å². The van der Waals surface area contributed by atoms with Crippen molar-refractivity contribution in [2.75, 3.05) is 0 Å². The SMILES string of the molecule is Cc1cc(C)cc(CSc2ccc(Br)cc2CN)c1. The van der Waals surface area contributed by atoms with E-state index in [-0.39, 0.29) is 0 Å². The third-order valence-electron chi connectivity index (χ3n) is 2.92. The van der Waals surface area contributed by atoms with E-state index >= 15 is 0 Å². The molecule has 0 fully saturated rings. The van der Waals surface area contributed by atoms with Crippen molar-refractivity contribution in [3.63, 3.8) is 0 Å². The molecule has 2 aromatic rings. The van der Waals surface area contributed by atoms with Gasteiger partial charge in [0, 0.05) is 21.7 Å². The Bertz CT molecular complexity index is 561. The summed E-state index contributed by atoms with van der Waals surface area (Å²) in [6.45, 7) is 4.87. The van der Waals surface area contributed by atoms with Crippen LogP contribution in [0.2, 0.25) is 0 Å². The lowest BCUT2D eigenvalue weighted by atomic mass is 10.1. The van der Waals surface area contributed by atoms with E-state index in [1.165, 1.54) is 27.1 Å². The second-order valence-corrected chi connectivity index (χ2v) is 6.67. The van der Waals surface area contributed by atoms with Crippen LogP contribution < -0.4 is 5.73 Å². The summed E-state index contributed by atoms with van der Waals surface area (Å²) >= 11 is 5.34. The summed E-state index contributed by atoms with van der Waals surface area (Å²) < 4.78 is 1.09. The van der Waals surface area contributed by atoms with Crippen molar-refractivity contribution in [1.29, 1.82) is 0 Å². The molecule has 2 aromatic carbocycles. The molecule has 0 amide bonds. The van der Waals surface area contributed by atoms with E-state index in [0.29, 0.717) is 6.54 Å². The van der Waals surface area contributed by atoms with Crippen molar-refractivity contribution < 1.29 is 0 Å². The molecule has 0 aliphatic heterocycles. The van der Waals surface area contributed by atoms with Gasteiger partial charge in [0.05, 0.1) is 0 Å². The standard InChI is InChI=1S/C16H18BrNS/c1-11-5-12(2)7-13(6-11)10-19-16-4-3-15(17)8-14(16)9-18/h3-8H,9-10,18H2,1-2H3. The summed E-state index contributed by atoms with van der Waals surface area (Å²) in [5, 5.41) is 0. The molecular formula is C16H18BrNS. The van der Waals surface area contributed by atoms with Crippen LogP contribution in [0.3, 0.4) is 0 Å². The number of hydrogen-bond acceptors (Lipinski definition) is 2. The van der Waals surface area contributed by atoms with E-state index in [1.807, 2.05) is 11.8 Å². The minimum Gasteiger partial charge on any atom is -0.326 e. The van der Waals surface area contributed by atoms with Crippen molar-refractivity contribution in [2.45, 2.75) is 31.0 Å². The second kappa shape index (κ2) is 6.60. The minimum atomic E-state index is 0.578. The van der Waals surface area contributed by atoms with Gasteiger partial charge >= 0.3 is 0 Å². The molecule has 0 aromatic heterocycles. The Morgan fingerprint density at radius 3 is 2.37 bits per heavy atom. The Balaban J connectivity index is 2.14. The van der Waals surface area contributed by atoms with Crippen molar-refractivity contribution in [1.82, 2.24) is 0 Å².